The highest BCUT2D eigenvalue weighted by Crippen LogP contribution is 2.32. The summed E-state index contributed by atoms with van der Waals surface area (Å²) in [5.74, 6) is 1.55. The van der Waals surface area contributed by atoms with Gasteiger partial charge in [0.15, 0.2) is 17.8 Å². The molecule has 9 nitrogen and oxygen atoms in total. The van der Waals surface area contributed by atoms with Gasteiger partial charge in [-0.25, -0.2) is 19.3 Å². The van der Waals surface area contributed by atoms with Crippen molar-refractivity contribution in [3.63, 3.8) is 0 Å². The van der Waals surface area contributed by atoms with Gasteiger partial charge in [0.25, 0.3) is 0 Å². The van der Waals surface area contributed by atoms with Crippen molar-refractivity contribution < 1.29 is 13.5 Å². The molecule has 0 radical (unpaired) electrons. The molecule has 0 saturated heterocycles. The molecule has 0 unspecified atom stereocenters. The summed E-state index contributed by atoms with van der Waals surface area (Å²) in [6, 6.07) is 5.11. The molecule has 0 aliphatic carbocycles. The normalized spacial score (nSPS) is 12.8. The predicted octanol–water partition coefficient (Wildman–Crippen LogP) is 3.78. The lowest BCUT2D eigenvalue weighted by Gasteiger charge is -2.13. The van der Waals surface area contributed by atoms with Crippen molar-refractivity contribution in [2.24, 2.45) is 7.05 Å². The van der Waals surface area contributed by atoms with Crippen LogP contribution in [0, 0.1) is 12.7 Å². The standard InChI is InChI=1S/C23H20FN7O2/c1-13-7-19(30(2)29-13)16-9-27-23(31-11-18(28-22(16)31)21-10-25-12-33-21)26-8-15-14-5-6-32-20(14)4-3-17(15)24/h3-4,7,9-12H,5-6,8H2,1-2H3,(H,26,27). The fourth-order valence-electron chi connectivity index (χ4n) is 4.29. The molecule has 0 spiro atoms. The zero-order chi connectivity index (χ0) is 22.5. The number of aromatic nitrogens is 6. The number of nitrogens with one attached hydrogen (secondary N) is 1. The number of benzene rings is 1. The van der Waals surface area contributed by atoms with Crippen LogP contribution in [0.25, 0.3) is 28.4 Å². The number of oxazole rings is 1. The molecule has 1 aliphatic heterocycles. The van der Waals surface area contributed by atoms with E-state index in [1.165, 1.54) is 12.5 Å². The number of hydrogen-bond donors (Lipinski definition) is 1. The minimum Gasteiger partial charge on any atom is -0.493 e. The lowest BCUT2D eigenvalue weighted by Crippen LogP contribution is -2.10. The van der Waals surface area contributed by atoms with Crippen molar-refractivity contribution in [3.05, 3.63) is 65.8 Å². The summed E-state index contributed by atoms with van der Waals surface area (Å²) in [4.78, 5) is 13.4. The third kappa shape index (κ3) is 3.22. The van der Waals surface area contributed by atoms with Gasteiger partial charge in [-0.3, -0.25) is 9.08 Å². The van der Waals surface area contributed by atoms with E-state index >= 15 is 0 Å². The van der Waals surface area contributed by atoms with Gasteiger partial charge in [-0.05, 0) is 25.1 Å². The van der Waals surface area contributed by atoms with E-state index in [0.29, 0.717) is 41.6 Å². The number of halogens is 1. The smallest absolute Gasteiger partial charge is 0.208 e. The van der Waals surface area contributed by atoms with Crippen molar-refractivity contribution in [2.45, 2.75) is 19.9 Å². The highest BCUT2D eigenvalue weighted by molar-refractivity contribution is 5.78. The third-order valence-corrected chi connectivity index (χ3v) is 5.82. The molecule has 0 amide bonds. The number of ether oxygens (including phenoxy) is 1. The molecule has 4 aromatic heterocycles. The molecule has 6 rings (SSSR count). The van der Waals surface area contributed by atoms with Crippen LogP contribution in [0.3, 0.4) is 0 Å². The van der Waals surface area contributed by atoms with Gasteiger partial charge >= 0.3 is 0 Å². The van der Waals surface area contributed by atoms with E-state index < -0.39 is 0 Å². The molecule has 10 heteroatoms. The molecular formula is C23H20FN7O2. The van der Waals surface area contributed by atoms with Gasteiger partial charge in [-0.2, -0.15) is 5.10 Å². The summed E-state index contributed by atoms with van der Waals surface area (Å²) in [5, 5.41) is 7.73. The Kier molecular flexibility index (Phi) is 4.39. The van der Waals surface area contributed by atoms with E-state index in [4.69, 9.17) is 14.1 Å². The molecule has 0 saturated carbocycles. The molecule has 0 atom stereocenters. The molecule has 33 heavy (non-hydrogen) atoms. The van der Waals surface area contributed by atoms with Crippen LogP contribution in [-0.4, -0.2) is 35.7 Å². The van der Waals surface area contributed by atoms with E-state index in [2.05, 4.69) is 20.4 Å². The largest absolute Gasteiger partial charge is 0.493 e. The van der Waals surface area contributed by atoms with E-state index in [-0.39, 0.29) is 12.4 Å². The second-order valence-electron chi connectivity index (χ2n) is 7.93. The van der Waals surface area contributed by atoms with Crippen molar-refractivity contribution >= 4 is 11.6 Å². The first-order chi connectivity index (χ1) is 16.1. The SMILES string of the molecule is Cc1cc(-c2cnc(NCc3c(F)ccc4c3CCO4)n3cc(-c4cnco4)nc23)n(C)n1. The zero-order valence-corrected chi connectivity index (χ0v) is 18.0. The van der Waals surface area contributed by atoms with Gasteiger partial charge in [0.2, 0.25) is 5.95 Å². The van der Waals surface area contributed by atoms with Crippen LogP contribution in [0.1, 0.15) is 16.8 Å². The maximum atomic E-state index is 14.6. The number of aryl methyl sites for hydroxylation is 2. The molecule has 5 aromatic rings. The highest BCUT2D eigenvalue weighted by Gasteiger charge is 2.21. The van der Waals surface area contributed by atoms with Gasteiger partial charge in [0.1, 0.15) is 17.3 Å². The Morgan fingerprint density at radius 3 is 2.94 bits per heavy atom. The van der Waals surface area contributed by atoms with Gasteiger partial charge in [-0.1, -0.05) is 0 Å². The first-order valence-electron chi connectivity index (χ1n) is 10.5. The van der Waals surface area contributed by atoms with Crippen molar-refractivity contribution in [2.75, 3.05) is 11.9 Å². The average molecular weight is 445 g/mol. The van der Waals surface area contributed by atoms with Gasteiger partial charge in [0, 0.05) is 43.5 Å². The lowest BCUT2D eigenvalue weighted by molar-refractivity contribution is 0.356. The molecule has 5 heterocycles. The van der Waals surface area contributed by atoms with Gasteiger partial charge < -0.3 is 14.5 Å². The molecule has 166 valence electrons. The minimum atomic E-state index is -0.266. The topological polar surface area (TPSA) is 95.3 Å². The quantitative estimate of drug-likeness (QED) is 0.440. The Morgan fingerprint density at radius 2 is 2.15 bits per heavy atom. The number of fused-ring (bicyclic) bond motifs is 2. The summed E-state index contributed by atoms with van der Waals surface area (Å²) in [6.07, 6.45) is 7.24. The average Bonchev–Trinajstić information content (AvgIpc) is 3.59. The number of hydrogen-bond acceptors (Lipinski definition) is 7. The van der Waals surface area contributed by atoms with Crippen LogP contribution in [0.2, 0.25) is 0 Å². The van der Waals surface area contributed by atoms with Gasteiger partial charge in [-0.15, -0.1) is 0 Å². The van der Waals surface area contributed by atoms with Crippen LogP contribution in [-0.2, 0) is 20.0 Å². The Balaban J connectivity index is 1.45. The molecule has 1 N–H and O–H groups in total. The zero-order valence-electron chi connectivity index (χ0n) is 18.0. The number of imidazole rings is 1. The van der Waals surface area contributed by atoms with E-state index in [1.807, 2.05) is 30.6 Å². The molecule has 0 fully saturated rings. The second-order valence-corrected chi connectivity index (χ2v) is 7.93. The molecule has 1 aromatic carbocycles. The summed E-state index contributed by atoms with van der Waals surface area (Å²) in [7, 11) is 1.88. The monoisotopic (exact) mass is 445 g/mol. The predicted molar refractivity (Wildman–Crippen MR) is 118 cm³/mol. The fourth-order valence-corrected chi connectivity index (χ4v) is 4.29. The van der Waals surface area contributed by atoms with Crippen LogP contribution in [0.15, 0.2) is 47.6 Å². The first kappa shape index (κ1) is 19.5. The summed E-state index contributed by atoms with van der Waals surface area (Å²) in [6.45, 7) is 2.77. The summed E-state index contributed by atoms with van der Waals surface area (Å²) < 4.78 is 29.3. The Morgan fingerprint density at radius 1 is 1.24 bits per heavy atom. The van der Waals surface area contributed by atoms with Crippen LogP contribution >= 0.6 is 0 Å². The number of nitrogens with zero attached hydrogens (tertiary/aromatic N) is 6. The van der Waals surface area contributed by atoms with E-state index in [9.17, 15) is 4.39 Å². The summed E-state index contributed by atoms with van der Waals surface area (Å²) >= 11 is 0. The Hall–Kier alpha value is -4.21. The van der Waals surface area contributed by atoms with E-state index in [0.717, 1.165) is 28.3 Å². The fraction of sp³-hybridized carbons (Fsp3) is 0.217. The number of anilines is 1. The maximum Gasteiger partial charge on any atom is 0.208 e. The van der Waals surface area contributed by atoms with Crippen molar-refractivity contribution in [1.29, 1.82) is 0 Å². The molecular weight excluding hydrogens is 425 g/mol. The van der Waals surface area contributed by atoms with Crippen LogP contribution < -0.4 is 10.1 Å². The second kappa shape index (κ2) is 7.44. The minimum absolute atomic E-state index is 0.264. The van der Waals surface area contributed by atoms with Gasteiger partial charge in [0.05, 0.1) is 29.8 Å². The molecule has 1 aliphatic rings. The first-order valence-corrected chi connectivity index (χ1v) is 10.5. The summed E-state index contributed by atoms with van der Waals surface area (Å²) in [5.41, 5.74) is 5.36. The Bertz CT molecular complexity index is 1490. The Labute approximate surface area is 187 Å². The highest BCUT2D eigenvalue weighted by atomic mass is 19.1. The van der Waals surface area contributed by atoms with Crippen molar-refractivity contribution in [1.82, 2.24) is 29.1 Å². The lowest BCUT2D eigenvalue weighted by atomic mass is 10.0. The molecule has 0 bridgehead atoms. The van der Waals surface area contributed by atoms with Crippen LogP contribution in [0.4, 0.5) is 10.3 Å². The number of rotatable bonds is 5. The van der Waals surface area contributed by atoms with E-state index in [1.54, 1.807) is 23.1 Å². The van der Waals surface area contributed by atoms with Crippen molar-refractivity contribution in [3.8, 4) is 28.5 Å². The third-order valence-electron chi connectivity index (χ3n) is 5.82. The maximum absolute atomic E-state index is 14.6. The van der Waals surface area contributed by atoms with Crippen LogP contribution in [0.5, 0.6) is 5.75 Å².